The van der Waals surface area contributed by atoms with Crippen molar-refractivity contribution in [1.82, 2.24) is 14.8 Å². The van der Waals surface area contributed by atoms with Gasteiger partial charge in [0.05, 0.1) is 18.4 Å². The third kappa shape index (κ3) is 5.63. The number of carbonyl (C=O) groups excluding carboxylic acids is 1. The van der Waals surface area contributed by atoms with Gasteiger partial charge in [0, 0.05) is 12.2 Å². The molecule has 34 heavy (non-hydrogen) atoms. The summed E-state index contributed by atoms with van der Waals surface area (Å²) in [6.45, 7) is 2.32. The first-order chi connectivity index (χ1) is 16.5. The van der Waals surface area contributed by atoms with Crippen LogP contribution in [-0.2, 0) is 17.8 Å². The second kappa shape index (κ2) is 11.0. The lowest BCUT2D eigenvalue weighted by Crippen LogP contribution is -2.15. The van der Waals surface area contributed by atoms with Crippen LogP contribution in [0.15, 0.2) is 78.0 Å². The number of aromatic nitrogens is 3. The van der Waals surface area contributed by atoms with Crippen molar-refractivity contribution >= 4 is 23.4 Å². The Kier molecular flexibility index (Phi) is 7.59. The molecule has 1 N–H and O–H groups in total. The van der Waals surface area contributed by atoms with Crippen LogP contribution in [0.2, 0.25) is 0 Å². The fourth-order valence-electron chi connectivity index (χ4n) is 3.51. The molecule has 1 aromatic heterocycles. The Labute approximate surface area is 202 Å². The van der Waals surface area contributed by atoms with Gasteiger partial charge in [-0.2, -0.15) is 0 Å². The zero-order valence-electron chi connectivity index (χ0n) is 19.0. The Morgan fingerprint density at radius 1 is 1.06 bits per heavy atom. The van der Waals surface area contributed by atoms with E-state index >= 15 is 0 Å². The summed E-state index contributed by atoms with van der Waals surface area (Å²) in [6.07, 6.45) is 0.781. The number of aryl methyl sites for hydroxylation is 2. The van der Waals surface area contributed by atoms with Crippen LogP contribution < -0.4 is 10.1 Å². The minimum atomic E-state index is -0.354. The first kappa shape index (κ1) is 23.5. The molecule has 0 unspecified atom stereocenters. The van der Waals surface area contributed by atoms with Gasteiger partial charge in [-0.1, -0.05) is 60.3 Å². The summed E-state index contributed by atoms with van der Waals surface area (Å²) in [5.74, 6) is 0.894. The molecule has 0 saturated heterocycles. The van der Waals surface area contributed by atoms with Gasteiger partial charge < -0.3 is 14.6 Å². The van der Waals surface area contributed by atoms with Crippen molar-refractivity contribution in [1.29, 1.82) is 0 Å². The molecule has 1 heterocycles. The van der Waals surface area contributed by atoms with E-state index in [0.717, 1.165) is 12.0 Å². The zero-order valence-corrected chi connectivity index (χ0v) is 19.8. The van der Waals surface area contributed by atoms with Crippen molar-refractivity contribution in [3.05, 3.63) is 89.7 Å². The third-order valence-electron chi connectivity index (χ3n) is 5.32. The molecule has 0 radical (unpaired) electrons. The van der Waals surface area contributed by atoms with Gasteiger partial charge in [-0.15, -0.1) is 10.2 Å². The Morgan fingerprint density at radius 2 is 1.82 bits per heavy atom. The highest BCUT2D eigenvalue weighted by molar-refractivity contribution is 7.99. The zero-order chi connectivity index (χ0) is 23.9. The molecule has 174 valence electrons. The van der Waals surface area contributed by atoms with E-state index in [0.29, 0.717) is 34.5 Å². The molecular formula is C26H25FN4O2S. The maximum atomic E-state index is 13.8. The van der Waals surface area contributed by atoms with Gasteiger partial charge in [-0.25, -0.2) is 4.39 Å². The molecule has 0 bridgehead atoms. The van der Waals surface area contributed by atoms with Crippen molar-refractivity contribution in [2.24, 2.45) is 0 Å². The van der Waals surface area contributed by atoms with Crippen molar-refractivity contribution in [2.75, 3.05) is 18.2 Å². The highest BCUT2D eigenvalue weighted by atomic mass is 32.2. The van der Waals surface area contributed by atoms with E-state index in [9.17, 15) is 9.18 Å². The predicted octanol–water partition coefficient (Wildman–Crippen LogP) is 5.37. The number of hydrogen-bond acceptors (Lipinski definition) is 5. The number of methoxy groups -OCH3 is 1. The van der Waals surface area contributed by atoms with Gasteiger partial charge in [-0.3, -0.25) is 4.79 Å². The van der Waals surface area contributed by atoms with Crippen LogP contribution in [-0.4, -0.2) is 33.5 Å². The monoisotopic (exact) mass is 476 g/mol. The number of ether oxygens (including phenoxy) is 1. The smallest absolute Gasteiger partial charge is 0.234 e. The van der Waals surface area contributed by atoms with Gasteiger partial charge in [0.1, 0.15) is 11.6 Å². The van der Waals surface area contributed by atoms with Crippen LogP contribution >= 0.6 is 11.8 Å². The van der Waals surface area contributed by atoms with Crippen molar-refractivity contribution in [3.63, 3.8) is 0 Å². The average molecular weight is 477 g/mol. The summed E-state index contributed by atoms with van der Waals surface area (Å²) in [4.78, 5) is 12.5. The first-order valence-electron chi connectivity index (χ1n) is 10.8. The van der Waals surface area contributed by atoms with Gasteiger partial charge in [-0.05, 0) is 48.7 Å². The first-order valence-corrected chi connectivity index (χ1v) is 11.8. The third-order valence-corrected chi connectivity index (χ3v) is 6.29. The Balaban J connectivity index is 1.54. The maximum Gasteiger partial charge on any atom is 0.234 e. The number of carbonyl (C=O) groups is 1. The molecular weight excluding hydrogens is 451 g/mol. The highest BCUT2D eigenvalue weighted by Crippen LogP contribution is 2.31. The summed E-state index contributed by atoms with van der Waals surface area (Å²) in [7, 11) is 1.62. The summed E-state index contributed by atoms with van der Waals surface area (Å²) in [5, 5.41) is 12.2. The Bertz CT molecular complexity index is 1280. The number of amides is 1. The van der Waals surface area contributed by atoms with E-state index in [1.54, 1.807) is 26.2 Å². The molecule has 0 aliphatic carbocycles. The second-order valence-corrected chi connectivity index (χ2v) is 8.64. The highest BCUT2D eigenvalue weighted by Gasteiger charge is 2.18. The van der Waals surface area contributed by atoms with Crippen LogP contribution in [0.25, 0.3) is 11.4 Å². The molecule has 0 atom stereocenters. The quantitative estimate of drug-likeness (QED) is 0.329. The van der Waals surface area contributed by atoms with Gasteiger partial charge in [0.15, 0.2) is 11.0 Å². The van der Waals surface area contributed by atoms with Gasteiger partial charge in [0.25, 0.3) is 0 Å². The molecule has 0 spiro atoms. The van der Waals surface area contributed by atoms with Crippen LogP contribution in [0.5, 0.6) is 5.75 Å². The van der Waals surface area contributed by atoms with Gasteiger partial charge in [0.2, 0.25) is 5.91 Å². The lowest BCUT2D eigenvalue weighted by molar-refractivity contribution is -0.113. The largest absolute Gasteiger partial charge is 0.496 e. The van der Waals surface area contributed by atoms with E-state index in [1.807, 2.05) is 47.0 Å². The van der Waals surface area contributed by atoms with Crippen molar-refractivity contribution in [2.45, 2.75) is 25.0 Å². The molecule has 0 aliphatic heterocycles. The number of thioether (sulfide) groups is 1. The molecule has 0 saturated carbocycles. The van der Waals surface area contributed by atoms with Crippen LogP contribution in [0, 0.1) is 12.7 Å². The number of nitrogens with one attached hydrogen (secondary N) is 1. The number of para-hydroxylation sites is 1. The predicted molar refractivity (Wildman–Crippen MR) is 133 cm³/mol. The topological polar surface area (TPSA) is 69.0 Å². The fourth-order valence-corrected chi connectivity index (χ4v) is 4.27. The minimum Gasteiger partial charge on any atom is -0.496 e. The second-order valence-electron chi connectivity index (χ2n) is 7.69. The number of nitrogens with zero attached hydrogens (tertiary/aromatic N) is 3. The van der Waals surface area contributed by atoms with Crippen LogP contribution in [0.1, 0.15) is 11.1 Å². The molecule has 0 fully saturated rings. The number of halogens is 1. The SMILES string of the molecule is COc1ccccc1-c1nnc(SCC(=O)Nc2ccc(C)c(F)c2)n1CCc1ccccc1. The molecule has 6 nitrogen and oxygen atoms in total. The van der Waals surface area contributed by atoms with Crippen molar-refractivity contribution < 1.29 is 13.9 Å². The van der Waals surface area contributed by atoms with Gasteiger partial charge >= 0.3 is 0 Å². The minimum absolute atomic E-state index is 0.116. The summed E-state index contributed by atoms with van der Waals surface area (Å²) < 4.78 is 21.3. The molecule has 4 rings (SSSR count). The molecule has 8 heteroatoms. The molecule has 0 aliphatic rings. The fraction of sp³-hybridized carbons (Fsp3) is 0.192. The lowest BCUT2D eigenvalue weighted by atomic mass is 10.1. The number of anilines is 1. The average Bonchev–Trinajstić information content (AvgIpc) is 3.27. The molecule has 4 aromatic rings. The van der Waals surface area contributed by atoms with Crippen LogP contribution in [0.4, 0.5) is 10.1 Å². The summed E-state index contributed by atoms with van der Waals surface area (Å²) >= 11 is 1.29. The summed E-state index contributed by atoms with van der Waals surface area (Å²) in [6, 6.07) is 22.5. The Morgan fingerprint density at radius 3 is 2.59 bits per heavy atom. The van der Waals surface area contributed by atoms with E-state index in [1.165, 1.54) is 23.4 Å². The van der Waals surface area contributed by atoms with E-state index in [4.69, 9.17) is 4.74 Å². The maximum absolute atomic E-state index is 13.8. The van der Waals surface area contributed by atoms with E-state index in [-0.39, 0.29) is 17.5 Å². The number of hydrogen-bond donors (Lipinski definition) is 1. The van der Waals surface area contributed by atoms with E-state index < -0.39 is 0 Å². The molecule has 3 aromatic carbocycles. The van der Waals surface area contributed by atoms with E-state index in [2.05, 4.69) is 27.6 Å². The van der Waals surface area contributed by atoms with Crippen LogP contribution in [0.3, 0.4) is 0 Å². The Hall–Kier alpha value is -3.65. The summed E-state index contributed by atoms with van der Waals surface area (Å²) in [5.41, 5.74) is 2.98. The number of benzene rings is 3. The van der Waals surface area contributed by atoms with Crippen molar-refractivity contribution in [3.8, 4) is 17.1 Å². The number of rotatable bonds is 9. The normalized spacial score (nSPS) is 10.8. The molecule has 1 amide bonds. The lowest BCUT2D eigenvalue weighted by Gasteiger charge is -2.12. The standard InChI is InChI=1S/C26H25FN4O2S/c1-18-12-13-20(16-22(18)27)28-24(32)17-34-26-30-29-25(21-10-6-7-11-23(21)33-2)31(26)15-14-19-8-4-3-5-9-19/h3-13,16H,14-15,17H2,1-2H3,(H,28,32).